The summed E-state index contributed by atoms with van der Waals surface area (Å²) >= 11 is 11.2. The van der Waals surface area contributed by atoms with Crippen molar-refractivity contribution in [1.29, 1.82) is 0 Å². The van der Waals surface area contributed by atoms with Crippen LogP contribution in [0.3, 0.4) is 0 Å². The molecule has 0 aliphatic heterocycles. The summed E-state index contributed by atoms with van der Waals surface area (Å²) in [5, 5.41) is 0.0523. The molecule has 0 aromatic carbocycles. The fourth-order valence-corrected chi connectivity index (χ4v) is 1.25. The van der Waals surface area contributed by atoms with Crippen LogP contribution in [0.25, 0.3) is 0 Å². The summed E-state index contributed by atoms with van der Waals surface area (Å²) < 4.78 is 1.46. The summed E-state index contributed by atoms with van der Waals surface area (Å²) in [4.78, 5) is 15.2. The van der Waals surface area contributed by atoms with Crippen molar-refractivity contribution >= 4 is 23.2 Å². The molecule has 0 amide bonds. The standard InChI is InChI=1S/C8H10Cl2N2O/c1-5(2)3-12-4-11-7(10)6(9)8(12)13/h4-5H,3H2,1-2H3. The predicted molar refractivity (Wildman–Crippen MR) is 53.4 cm³/mol. The Kier molecular flexibility index (Phi) is 3.33. The molecule has 0 N–H and O–H groups in total. The van der Waals surface area contributed by atoms with Gasteiger partial charge in [0.05, 0.1) is 6.33 Å². The summed E-state index contributed by atoms with van der Waals surface area (Å²) in [5.41, 5.74) is -0.282. The first-order valence-electron chi connectivity index (χ1n) is 3.92. The Balaban J connectivity index is 3.12. The smallest absolute Gasteiger partial charge is 0.273 e. The zero-order valence-corrected chi connectivity index (χ0v) is 8.93. The minimum absolute atomic E-state index is 0.00943. The summed E-state index contributed by atoms with van der Waals surface area (Å²) in [6.07, 6.45) is 1.41. The van der Waals surface area contributed by atoms with E-state index < -0.39 is 0 Å². The van der Waals surface area contributed by atoms with Gasteiger partial charge in [0.2, 0.25) is 0 Å². The van der Waals surface area contributed by atoms with Crippen molar-refractivity contribution in [1.82, 2.24) is 9.55 Å². The Morgan fingerprint density at radius 3 is 2.69 bits per heavy atom. The highest BCUT2D eigenvalue weighted by Crippen LogP contribution is 2.12. The number of halogens is 2. The number of hydrogen-bond acceptors (Lipinski definition) is 2. The van der Waals surface area contributed by atoms with Crippen LogP contribution in [0.4, 0.5) is 0 Å². The first-order chi connectivity index (χ1) is 6.02. The van der Waals surface area contributed by atoms with Gasteiger partial charge in [-0.3, -0.25) is 9.36 Å². The van der Waals surface area contributed by atoms with Crippen LogP contribution in [0.1, 0.15) is 13.8 Å². The van der Waals surface area contributed by atoms with Gasteiger partial charge < -0.3 is 0 Å². The molecule has 0 aliphatic carbocycles. The average Bonchev–Trinajstić information content (AvgIpc) is 2.06. The van der Waals surface area contributed by atoms with Gasteiger partial charge in [-0.15, -0.1) is 0 Å². The summed E-state index contributed by atoms with van der Waals surface area (Å²) in [5.74, 6) is 0.372. The fraction of sp³-hybridized carbons (Fsp3) is 0.500. The molecule has 1 aromatic rings. The highest BCUT2D eigenvalue weighted by atomic mass is 35.5. The molecule has 0 spiro atoms. The number of nitrogens with zero attached hydrogens (tertiary/aromatic N) is 2. The summed E-state index contributed by atoms with van der Waals surface area (Å²) in [7, 11) is 0. The van der Waals surface area contributed by atoms with E-state index in [-0.39, 0.29) is 15.7 Å². The molecule has 1 heterocycles. The second kappa shape index (κ2) is 4.11. The molecule has 3 nitrogen and oxygen atoms in total. The van der Waals surface area contributed by atoms with Crippen molar-refractivity contribution in [2.45, 2.75) is 20.4 Å². The molecule has 13 heavy (non-hydrogen) atoms. The zero-order chi connectivity index (χ0) is 10.0. The lowest BCUT2D eigenvalue weighted by molar-refractivity contribution is 0.505. The van der Waals surface area contributed by atoms with E-state index in [1.165, 1.54) is 10.9 Å². The molecule has 0 aliphatic rings. The maximum absolute atomic E-state index is 11.4. The molecule has 72 valence electrons. The second-order valence-electron chi connectivity index (χ2n) is 3.20. The molecule has 0 atom stereocenters. The molecule has 1 rings (SSSR count). The normalized spacial score (nSPS) is 10.8. The van der Waals surface area contributed by atoms with Gasteiger partial charge in [0, 0.05) is 6.54 Å². The van der Waals surface area contributed by atoms with Crippen LogP contribution in [0.15, 0.2) is 11.1 Å². The molecular weight excluding hydrogens is 211 g/mol. The number of hydrogen-bond donors (Lipinski definition) is 0. The lowest BCUT2D eigenvalue weighted by Gasteiger charge is -2.07. The van der Waals surface area contributed by atoms with E-state index in [0.29, 0.717) is 12.5 Å². The zero-order valence-electron chi connectivity index (χ0n) is 7.42. The van der Waals surface area contributed by atoms with E-state index in [4.69, 9.17) is 23.2 Å². The third kappa shape index (κ3) is 2.45. The lowest BCUT2D eigenvalue weighted by atomic mass is 10.2. The summed E-state index contributed by atoms with van der Waals surface area (Å²) in [6.45, 7) is 4.62. The van der Waals surface area contributed by atoms with Crippen LogP contribution >= 0.6 is 23.2 Å². The fourth-order valence-electron chi connectivity index (χ4n) is 0.967. The van der Waals surface area contributed by atoms with Crippen molar-refractivity contribution < 1.29 is 0 Å². The highest BCUT2D eigenvalue weighted by Gasteiger charge is 2.07. The van der Waals surface area contributed by atoms with Crippen molar-refractivity contribution in [2.75, 3.05) is 0 Å². The van der Waals surface area contributed by atoms with Gasteiger partial charge in [0.1, 0.15) is 5.02 Å². The van der Waals surface area contributed by atoms with Crippen molar-refractivity contribution in [3.8, 4) is 0 Å². The lowest BCUT2D eigenvalue weighted by Crippen LogP contribution is -2.23. The van der Waals surface area contributed by atoms with Crippen molar-refractivity contribution in [3.63, 3.8) is 0 Å². The van der Waals surface area contributed by atoms with Crippen LogP contribution in [-0.2, 0) is 6.54 Å². The second-order valence-corrected chi connectivity index (χ2v) is 3.94. The van der Waals surface area contributed by atoms with Crippen LogP contribution < -0.4 is 5.56 Å². The van der Waals surface area contributed by atoms with Gasteiger partial charge in [-0.1, -0.05) is 37.0 Å². The summed E-state index contributed by atoms with van der Waals surface area (Å²) in [6, 6.07) is 0. The van der Waals surface area contributed by atoms with Crippen LogP contribution in [-0.4, -0.2) is 9.55 Å². The molecule has 0 bridgehead atoms. The molecule has 0 saturated carbocycles. The van der Waals surface area contributed by atoms with E-state index in [9.17, 15) is 4.79 Å². The van der Waals surface area contributed by atoms with E-state index in [1.54, 1.807) is 0 Å². The minimum atomic E-state index is -0.282. The van der Waals surface area contributed by atoms with Gasteiger partial charge in [-0.25, -0.2) is 4.98 Å². The van der Waals surface area contributed by atoms with Gasteiger partial charge >= 0.3 is 0 Å². The van der Waals surface area contributed by atoms with Gasteiger partial charge in [-0.05, 0) is 5.92 Å². The molecule has 0 radical (unpaired) electrons. The first-order valence-corrected chi connectivity index (χ1v) is 4.68. The maximum Gasteiger partial charge on any atom is 0.273 e. The van der Waals surface area contributed by atoms with Crippen LogP contribution in [0.5, 0.6) is 0 Å². The third-order valence-corrected chi connectivity index (χ3v) is 2.23. The minimum Gasteiger partial charge on any atom is -0.298 e. The largest absolute Gasteiger partial charge is 0.298 e. The molecule has 0 saturated heterocycles. The molecule has 5 heteroatoms. The van der Waals surface area contributed by atoms with Gasteiger partial charge in [-0.2, -0.15) is 0 Å². The van der Waals surface area contributed by atoms with Gasteiger partial charge in [0.15, 0.2) is 5.15 Å². The van der Waals surface area contributed by atoms with Crippen LogP contribution in [0, 0.1) is 5.92 Å². The molecular formula is C8H10Cl2N2O. The van der Waals surface area contributed by atoms with Crippen molar-refractivity contribution in [3.05, 3.63) is 26.9 Å². The average molecular weight is 221 g/mol. The van der Waals surface area contributed by atoms with Crippen LogP contribution in [0.2, 0.25) is 10.2 Å². The topological polar surface area (TPSA) is 34.9 Å². The Bertz CT molecular complexity index is 360. The Hall–Kier alpha value is -0.540. The quantitative estimate of drug-likeness (QED) is 0.717. The molecule has 0 fully saturated rings. The maximum atomic E-state index is 11.4. The number of aromatic nitrogens is 2. The van der Waals surface area contributed by atoms with E-state index in [0.717, 1.165) is 0 Å². The van der Waals surface area contributed by atoms with E-state index in [2.05, 4.69) is 4.98 Å². The molecule has 0 unspecified atom stereocenters. The third-order valence-electron chi connectivity index (χ3n) is 1.50. The predicted octanol–water partition coefficient (Wildman–Crippen LogP) is 2.21. The number of rotatable bonds is 2. The SMILES string of the molecule is CC(C)Cn1cnc(Cl)c(Cl)c1=O. The Labute approximate surface area is 86.3 Å². The van der Waals surface area contributed by atoms with E-state index >= 15 is 0 Å². The Morgan fingerprint density at radius 1 is 1.54 bits per heavy atom. The highest BCUT2D eigenvalue weighted by molar-refractivity contribution is 6.40. The van der Waals surface area contributed by atoms with E-state index in [1.807, 2.05) is 13.8 Å². The monoisotopic (exact) mass is 220 g/mol. The first kappa shape index (κ1) is 10.5. The Morgan fingerprint density at radius 2 is 2.15 bits per heavy atom. The molecule has 1 aromatic heterocycles. The van der Waals surface area contributed by atoms with Crippen molar-refractivity contribution in [2.24, 2.45) is 5.92 Å². The van der Waals surface area contributed by atoms with Gasteiger partial charge in [0.25, 0.3) is 5.56 Å².